The summed E-state index contributed by atoms with van der Waals surface area (Å²) in [7, 11) is 1.60. The van der Waals surface area contributed by atoms with Crippen LogP contribution in [0, 0.1) is 0 Å². The molecule has 4 aromatic rings. The molecule has 0 fully saturated rings. The average Bonchev–Trinajstić information content (AvgIpc) is 3.45. The highest BCUT2D eigenvalue weighted by Crippen LogP contribution is 2.31. The second-order valence-corrected chi connectivity index (χ2v) is 9.48. The Balaban J connectivity index is 1.38. The van der Waals surface area contributed by atoms with Gasteiger partial charge in [0.1, 0.15) is 5.75 Å². The molecule has 1 N–H and O–H groups in total. The number of benzene rings is 2. The molecule has 11 heteroatoms. The number of nitrogens with zero attached hydrogens (tertiary/aromatic N) is 3. The van der Waals surface area contributed by atoms with Gasteiger partial charge in [-0.3, -0.25) is 4.79 Å². The van der Waals surface area contributed by atoms with Crippen molar-refractivity contribution in [3.8, 4) is 28.5 Å². The number of anilines is 1. The van der Waals surface area contributed by atoms with Crippen LogP contribution in [0.25, 0.3) is 22.7 Å². The molecular weight excluding hydrogens is 491 g/mol. The Morgan fingerprint density at radius 2 is 1.88 bits per heavy atom. The van der Waals surface area contributed by atoms with E-state index in [4.69, 9.17) is 32.4 Å². The van der Waals surface area contributed by atoms with Gasteiger partial charge >= 0.3 is 0 Å². The fourth-order valence-corrected chi connectivity index (χ4v) is 4.34. The van der Waals surface area contributed by atoms with Crippen LogP contribution in [0.1, 0.15) is 6.92 Å². The monoisotopic (exact) mass is 506 g/mol. The van der Waals surface area contributed by atoms with Crippen LogP contribution in [0.5, 0.6) is 5.75 Å². The number of hydrogen-bond donors (Lipinski definition) is 1. The summed E-state index contributed by atoms with van der Waals surface area (Å²) in [6.45, 7) is 1.75. The molecule has 0 saturated heterocycles. The Morgan fingerprint density at radius 3 is 2.59 bits per heavy atom. The number of aromatic nitrogens is 3. The van der Waals surface area contributed by atoms with Crippen LogP contribution in [-0.2, 0) is 4.79 Å². The number of methoxy groups -OCH3 is 1. The van der Waals surface area contributed by atoms with E-state index in [0.717, 1.165) is 16.9 Å². The number of ether oxygens (including phenoxy) is 1. The summed E-state index contributed by atoms with van der Waals surface area (Å²) in [5, 5.41) is 13.9. The van der Waals surface area contributed by atoms with Gasteiger partial charge < -0.3 is 14.5 Å². The third-order valence-corrected chi connectivity index (χ3v) is 6.77. The zero-order chi connectivity index (χ0) is 22.7. The van der Waals surface area contributed by atoms with Crippen LogP contribution < -0.4 is 10.1 Å². The standard InChI is InChI=1S/C21H16Cl2N4O3S2/c1-11(32-21-27-26-19(30-21)12-3-6-14(29-2)7-4-12)18(28)25-20-24-17(10-31-20)13-5-8-15(22)16(23)9-13/h3-11H,1-2H3,(H,24,25,28)/t11-/m0/s1. The van der Waals surface area contributed by atoms with E-state index in [9.17, 15) is 4.79 Å². The molecule has 0 aliphatic carbocycles. The molecule has 0 aliphatic heterocycles. The summed E-state index contributed by atoms with van der Waals surface area (Å²) in [4.78, 5) is 17.1. The van der Waals surface area contributed by atoms with Crippen molar-refractivity contribution in [3.05, 3.63) is 57.9 Å². The van der Waals surface area contributed by atoms with Gasteiger partial charge in [0.05, 0.1) is 28.1 Å². The molecular formula is C21H16Cl2N4O3S2. The summed E-state index contributed by atoms with van der Waals surface area (Å²) < 4.78 is 10.8. The number of nitrogens with one attached hydrogen (secondary N) is 1. The van der Waals surface area contributed by atoms with Gasteiger partial charge in [0, 0.05) is 16.5 Å². The summed E-state index contributed by atoms with van der Waals surface area (Å²) in [6, 6.07) is 12.5. The molecule has 0 saturated carbocycles. The van der Waals surface area contributed by atoms with E-state index in [1.165, 1.54) is 23.1 Å². The van der Waals surface area contributed by atoms with E-state index in [1.807, 2.05) is 35.7 Å². The van der Waals surface area contributed by atoms with Crippen LogP contribution in [0.4, 0.5) is 5.13 Å². The average molecular weight is 507 g/mol. The number of rotatable bonds is 7. The number of carbonyl (C=O) groups excluding carboxylic acids is 1. The molecule has 0 unspecified atom stereocenters. The van der Waals surface area contributed by atoms with Crippen LogP contribution in [0.2, 0.25) is 10.0 Å². The van der Waals surface area contributed by atoms with Gasteiger partial charge in [-0.25, -0.2) is 4.98 Å². The van der Waals surface area contributed by atoms with Crippen molar-refractivity contribution in [1.29, 1.82) is 0 Å². The topological polar surface area (TPSA) is 90.1 Å². The quantitative estimate of drug-likeness (QED) is 0.294. The van der Waals surface area contributed by atoms with Crippen molar-refractivity contribution >= 4 is 57.3 Å². The molecule has 1 atom stereocenters. The Kier molecular flexibility index (Phi) is 7.00. The minimum Gasteiger partial charge on any atom is -0.497 e. The first-order valence-corrected chi connectivity index (χ1v) is 11.8. The number of carbonyl (C=O) groups is 1. The number of amides is 1. The highest BCUT2D eigenvalue weighted by molar-refractivity contribution is 8.00. The molecule has 0 aliphatic rings. The van der Waals surface area contributed by atoms with Gasteiger partial charge in [-0.15, -0.1) is 21.5 Å². The minimum absolute atomic E-state index is 0.228. The second-order valence-electron chi connectivity index (χ2n) is 6.52. The van der Waals surface area contributed by atoms with Gasteiger partial charge in [-0.2, -0.15) is 0 Å². The summed E-state index contributed by atoms with van der Waals surface area (Å²) in [6.07, 6.45) is 0. The zero-order valence-corrected chi connectivity index (χ0v) is 20.0. The molecule has 0 spiro atoms. The molecule has 7 nitrogen and oxygen atoms in total. The van der Waals surface area contributed by atoms with Crippen molar-refractivity contribution < 1.29 is 13.9 Å². The Hall–Kier alpha value is -2.59. The van der Waals surface area contributed by atoms with E-state index in [0.29, 0.717) is 32.0 Å². The van der Waals surface area contributed by atoms with E-state index in [-0.39, 0.29) is 5.91 Å². The van der Waals surface area contributed by atoms with Gasteiger partial charge in [-0.1, -0.05) is 41.0 Å². The predicted octanol–water partition coefficient (Wildman–Crippen LogP) is 6.29. The largest absolute Gasteiger partial charge is 0.497 e. The van der Waals surface area contributed by atoms with Gasteiger partial charge in [-0.05, 0) is 43.3 Å². The summed E-state index contributed by atoms with van der Waals surface area (Å²) >= 11 is 14.5. The van der Waals surface area contributed by atoms with E-state index >= 15 is 0 Å². The lowest BCUT2D eigenvalue weighted by molar-refractivity contribution is -0.115. The van der Waals surface area contributed by atoms with Gasteiger partial charge in [0.25, 0.3) is 5.22 Å². The zero-order valence-electron chi connectivity index (χ0n) is 16.8. The Morgan fingerprint density at radius 1 is 1.12 bits per heavy atom. The van der Waals surface area contributed by atoms with Gasteiger partial charge in [0.15, 0.2) is 5.13 Å². The van der Waals surface area contributed by atoms with Crippen molar-refractivity contribution in [2.24, 2.45) is 0 Å². The normalized spacial score (nSPS) is 11.9. The van der Waals surface area contributed by atoms with E-state index in [2.05, 4.69) is 20.5 Å². The third-order valence-electron chi connectivity index (χ3n) is 4.34. The number of thiazole rings is 1. The molecule has 2 aromatic heterocycles. The third kappa shape index (κ3) is 5.24. The molecule has 32 heavy (non-hydrogen) atoms. The smallest absolute Gasteiger partial charge is 0.277 e. The molecule has 1 amide bonds. The number of thioether (sulfide) groups is 1. The molecule has 2 aromatic carbocycles. The predicted molar refractivity (Wildman–Crippen MR) is 128 cm³/mol. The van der Waals surface area contributed by atoms with Crippen LogP contribution in [0.15, 0.2) is 57.5 Å². The lowest BCUT2D eigenvalue weighted by Crippen LogP contribution is -2.22. The van der Waals surface area contributed by atoms with Crippen LogP contribution >= 0.6 is 46.3 Å². The minimum atomic E-state index is -0.475. The fraction of sp³-hybridized carbons (Fsp3) is 0.143. The van der Waals surface area contributed by atoms with Crippen LogP contribution in [-0.4, -0.2) is 33.4 Å². The van der Waals surface area contributed by atoms with Gasteiger partial charge in [0.2, 0.25) is 11.8 Å². The first kappa shape index (κ1) is 22.6. The first-order chi connectivity index (χ1) is 15.4. The van der Waals surface area contributed by atoms with Crippen molar-refractivity contribution in [1.82, 2.24) is 15.2 Å². The van der Waals surface area contributed by atoms with Crippen molar-refractivity contribution in [2.75, 3.05) is 12.4 Å². The Bertz CT molecular complexity index is 1240. The lowest BCUT2D eigenvalue weighted by atomic mass is 10.2. The summed E-state index contributed by atoms with van der Waals surface area (Å²) in [5.74, 6) is 0.876. The second kappa shape index (κ2) is 9.91. The number of hydrogen-bond acceptors (Lipinski definition) is 8. The highest BCUT2D eigenvalue weighted by atomic mass is 35.5. The molecule has 164 valence electrons. The SMILES string of the molecule is COc1ccc(-c2nnc(S[C@@H](C)C(=O)Nc3nc(-c4ccc(Cl)c(Cl)c4)cs3)o2)cc1. The lowest BCUT2D eigenvalue weighted by Gasteiger charge is -2.07. The Labute approximate surface area is 202 Å². The molecule has 2 heterocycles. The molecule has 0 radical (unpaired) electrons. The van der Waals surface area contributed by atoms with Crippen LogP contribution in [0.3, 0.4) is 0 Å². The fourth-order valence-electron chi connectivity index (χ4n) is 2.64. The maximum atomic E-state index is 12.6. The van der Waals surface area contributed by atoms with Crippen molar-refractivity contribution in [2.45, 2.75) is 17.4 Å². The maximum absolute atomic E-state index is 12.6. The number of halogens is 2. The van der Waals surface area contributed by atoms with E-state index < -0.39 is 5.25 Å². The highest BCUT2D eigenvalue weighted by Gasteiger charge is 2.20. The van der Waals surface area contributed by atoms with Crippen molar-refractivity contribution in [3.63, 3.8) is 0 Å². The first-order valence-electron chi connectivity index (χ1n) is 9.29. The molecule has 0 bridgehead atoms. The molecule has 4 rings (SSSR count). The maximum Gasteiger partial charge on any atom is 0.277 e. The van der Waals surface area contributed by atoms with E-state index in [1.54, 1.807) is 26.2 Å². The summed E-state index contributed by atoms with van der Waals surface area (Å²) in [5.41, 5.74) is 2.28.